The van der Waals surface area contributed by atoms with Crippen LogP contribution < -0.4 is 5.32 Å². The zero-order valence-electron chi connectivity index (χ0n) is 17.2. The normalized spacial score (nSPS) is 35.3. The van der Waals surface area contributed by atoms with E-state index < -0.39 is 22.6 Å². The SMILES string of the molecule is CCOC(=O)[C@H]1[C@@H]2SC3(CC2Br)C(C(=O)NC(C)C)N(CCCCCO)C(=O)[C@H]13. The Morgan fingerprint density at radius 2 is 2.10 bits per heavy atom. The van der Waals surface area contributed by atoms with E-state index in [2.05, 4.69) is 21.2 Å². The fourth-order valence-corrected chi connectivity index (χ4v) is 8.71. The fraction of sp³-hybridized carbons (Fsp3) is 0.850. The van der Waals surface area contributed by atoms with Gasteiger partial charge >= 0.3 is 5.97 Å². The number of likely N-dealkylation sites (tertiary alicyclic amines) is 1. The van der Waals surface area contributed by atoms with E-state index in [0.717, 1.165) is 12.8 Å². The minimum atomic E-state index is -0.608. The number of hydrogen-bond donors (Lipinski definition) is 2. The Labute approximate surface area is 184 Å². The molecule has 2 amide bonds. The molecule has 3 aliphatic rings. The van der Waals surface area contributed by atoms with Crippen LogP contribution in [0.5, 0.6) is 0 Å². The van der Waals surface area contributed by atoms with E-state index in [1.54, 1.807) is 23.6 Å². The Hall–Kier alpha value is -0.800. The summed E-state index contributed by atoms with van der Waals surface area (Å²) >= 11 is 5.33. The Morgan fingerprint density at radius 3 is 2.72 bits per heavy atom. The Morgan fingerprint density at radius 1 is 1.38 bits per heavy atom. The van der Waals surface area contributed by atoms with Gasteiger partial charge in [0.2, 0.25) is 11.8 Å². The third-order valence-electron chi connectivity index (χ3n) is 6.08. The van der Waals surface area contributed by atoms with Crippen LogP contribution in [0.2, 0.25) is 0 Å². The predicted molar refractivity (Wildman–Crippen MR) is 115 cm³/mol. The monoisotopic (exact) mass is 490 g/mol. The molecule has 3 fully saturated rings. The molecule has 0 aliphatic carbocycles. The zero-order valence-corrected chi connectivity index (χ0v) is 19.6. The number of thioether (sulfide) groups is 1. The van der Waals surface area contributed by atoms with Crippen molar-refractivity contribution >= 4 is 45.5 Å². The number of fused-ring (bicyclic) bond motifs is 1. The highest BCUT2D eigenvalue weighted by Crippen LogP contribution is 2.67. The van der Waals surface area contributed by atoms with Gasteiger partial charge in [0.25, 0.3) is 0 Å². The molecule has 164 valence electrons. The molecule has 0 saturated carbocycles. The van der Waals surface area contributed by atoms with Crippen LogP contribution in [0.15, 0.2) is 0 Å². The van der Waals surface area contributed by atoms with Crippen molar-refractivity contribution in [2.45, 2.75) is 73.4 Å². The number of rotatable bonds is 9. The average molecular weight is 491 g/mol. The number of aliphatic hydroxyl groups is 1. The second kappa shape index (κ2) is 9.14. The van der Waals surface area contributed by atoms with Crippen LogP contribution in [0.1, 0.15) is 46.5 Å². The largest absolute Gasteiger partial charge is 0.466 e. The van der Waals surface area contributed by atoms with Crippen molar-refractivity contribution in [3.05, 3.63) is 0 Å². The number of nitrogens with one attached hydrogen (secondary N) is 1. The third-order valence-corrected chi connectivity index (χ3v) is 9.30. The topological polar surface area (TPSA) is 95.9 Å². The molecule has 0 aromatic rings. The van der Waals surface area contributed by atoms with Crippen LogP contribution in [0.4, 0.5) is 0 Å². The number of hydrogen-bond acceptors (Lipinski definition) is 6. The second-order valence-electron chi connectivity index (χ2n) is 8.39. The molecule has 1 spiro atoms. The van der Waals surface area contributed by atoms with Crippen LogP contribution in [0.25, 0.3) is 0 Å². The smallest absolute Gasteiger partial charge is 0.310 e. The first kappa shape index (κ1) is 22.9. The number of amides is 2. The number of unbranched alkanes of at least 4 members (excludes halogenated alkanes) is 2. The maximum Gasteiger partial charge on any atom is 0.310 e. The van der Waals surface area contributed by atoms with Gasteiger partial charge in [-0.1, -0.05) is 15.9 Å². The van der Waals surface area contributed by atoms with Crippen molar-refractivity contribution in [1.29, 1.82) is 0 Å². The highest BCUT2D eigenvalue weighted by Gasteiger charge is 2.75. The third kappa shape index (κ3) is 3.94. The molecule has 3 heterocycles. The number of esters is 1. The van der Waals surface area contributed by atoms with E-state index in [4.69, 9.17) is 9.84 Å². The summed E-state index contributed by atoms with van der Waals surface area (Å²) < 4.78 is 4.71. The van der Waals surface area contributed by atoms with Gasteiger partial charge < -0.3 is 20.1 Å². The number of carbonyl (C=O) groups is 3. The van der Waals surface area contributed by atoms with E-state index >= 15 is 0 Å². The lowest BCUT2D eigenvalue weighted by molar-refractivity contribution is -0.153. The second-order valence-corrected chi connectivity index (χ2v) is 11.1. The highest BCUT2D eigenvalue weighted by atomic mass is 79.9. The van der Waals surface area contributed by atoms with Gasteiger partial charge in [0.15, 0.2) is 0 Å². The van der Waals surface area contributed by atoms with Gasteiger partial charge in [0.1, 0.15) is 6.04 Å². The van der Waals surface area contributed by atoms with Crippen molar-refractivity contribution in [1.82, 2.24) is 10.2 Å². The minimum absolute atomic E-state index is 0.0338. The molecule has 29 heavy (non-hydrogen) atoms. The van der Waals surface area contributed by atoms with E-state index in [0.29, 0.717) is 19.4 Å². The van der Waals surface area contributed by atoms with Crippen LogP contribution in [-0.2, 0) is 19.1 Å². The first-order valence-corrected chi connectivity index (χ1v) is 12.3. The van der Waals surface area contributed by atoms with Crippen molar-refractivity contribution in [3.8, 4) is 0 Å². The molecule has 0 aromatic heterocycles. The summed E-state index contributed by atoms with van der Waals surface area (Å²) in [5.74, 6) is -1.63. The molecule has 0 aromatic carbocycles. The van der Waals surface area contributed by atoms with E-state index in [9.17, 15) is 14.4 Å². The number of ether oxygens (including phenoxy) is 1. The maximum absolute atomic E-state index is 13.5. The summed E-state index contributed by atoms with van der Waals surface area (Å²) in [5, 5.41) is 12.0. The summed E-state index contributed by atoms with van der Waals surface area (Å²) in [6.45, 7) is 6.43. The quantitative estimate of drug-likeness (QED) is 0.290. The van der Waals surface area contributed by atoms with Gasteiger partial charge in [-0.25, -0.2) is 0 Å². The van der Waals surface area contributed by atoms with Crippen LogP contribution in [0.3, 0.4) is 0 Å². The van der Waals surface area contributed by atoms with Crippen LogP contribution in [0, 0.1) is 11.8 Å². The Bertz CT molecular complexity index is 663. The molecule has 3 unspecified atom stereocenters. The van der Waals surface area contributed by atoms with E-state index in [-0.39, 0.29) is 47.1 Å². The molecule has 3 saturated heterocycles. The molecular formula is C20H31BrN2O5S. The first-order chi connectivity index (χ1) is 13.8. The van der Waals surface area contributed by atoms with Crippen molar-refractivity contribution in [3.63, 3.8) is 0 Å². The van der Waals surface area contributed by atoms with Gasteiger partial charge in [-0.3, -0.25) is 14.4 Å². The molecule has 6 atom stereocenters. The molecule has 2 N–H and O–H groups in total. The lowest BCUT2D eigenvalue weighted by Crippen LogP contribution is -2.55. The van der Waals surface area contributed by atoms with Crippen molar-refractivity contribution in [2.75, 3.05) is 19.8 Å². The Balaban J connectivity index is 1.94. The highest BCUT2D eigenvalue weighted by molar-refractivity contribution is 9.09. The summed E-state index contributed by atoms with van der Waals surface area (Å²) in [7, 11) is 0. The average Bonchev–Trinajstić information content (AvgIpc) is 3.22. The zero-order chi connectivity index (χ0) is 21.3. The molecule has 7 nitrogen and oxygen atoms in total. The van der Waals surface area contributed by atoms with Gasteiger partial charge in [0, 0.05) is 29.3 Å². The number of alkyl halides is 1. The standard InChI is InChI=1S/C20H31BrN2O5S/c1-4-28-19(27)13-14-18(26)23(8-6-5-7-9-24)16(17(25)22-11(2)3)20(14)10-12(21)15(13)29-20/h11-16,24H,4-10H2,1-3H3,(H,22,25)/t12?,13-,14+,15-,16?,20?/m1/s1. The number of aliphatic hydroxyl groups excluding tert-OH is 1. The lowest BCUT2D eigenvalue weighted by Gasteiger charge is -2.35. The summed E-state index contributed by atoms with van der Waals surface area (Å²) in [4.78, 5) is 41.3. The maximum atomic E-state index is 13.5. The van der Waals surface area contributed by atoms with Gasteiger partial charge in [0.05, 0.1) is 23.2 Å². The number of halogens is 1. The molecule has 3 rings (SSSR count). The fourth-order valence-electron chi connectivity index (χ4n) is 5.11. The molecule has 9 heteroatoms. The van der Waals surface area contributed by atoms with Gasteiger partial charge in [-0.15, -0.1) is 11.8 Å². The number of carbonyl (C=O) groups excluding carboxylic acids is 3. The minimum Gasteiger partial charge on any atom is -0.466 e. The Kier molecular flexibility index (Phi) is 7.21. The summed E-state index contributed by atoms with van der Waals surface area (Å²) in [6, 6.07) is -0.625. The molecule has 2 bridgehead atoms. The predicted octanol–water partition coefficient (Wildman–Crippen LogP) is 1.70. The van der Waals surface area contributed by atoms with Crippen molar-refractivity contribution in [2.24, 2.45) is 11.8 Å². The first-order valence-electron chi connectivity index (χ1n) is 10.5. The van der Waals surface area contributed by atoms with Gasteiger partial charge in [-0.05, 0) is 46.5 Å². The summed E-state index contributed by atoms with van der Waals surface area (Å²) in [6.07, 6.45) is 2.86. The van der Waals surface area contributed by atoms with Crippen LogP contribution in [-0.4, -0.2) is 74.5 Å². The summed E-state index contributed by atoms with van der Waals surface area (Å²) in [5.41, 5.74) is 0. The number of nitrogens with zero attached hydrogens (tertiary/aromatic N) is 1. The van der Waals surface area contributed by atoms with E-state index in [1.165, 1.54) is 0 Å². The lowest BCUT2D eigenvalue weighted by atomic mass is 9.71. The van der Waals surface area contributed by atoms with E-state index in [1.807, 2.05) is 13.8 Å². The van der Waals surface area contributed by atoms with Crippen LogP contribution >= 0.6 is 27.7 Å². The molecule has 0 radical (unpaired) electrons. The van der Waals surface area contributed by atoms with Crippen molar-refractivity contribution < 1.29 is 24.2 Å². The van der Waals surface area contributed by atoms with Gasteiger partial charge in [-0.2, -0.15) is 0 Å². The molecular weight excluding hydrogens is 460 g/mol. The molecule has 3 aliphatic heterocycles.